The maximum absolute atomic E-state index is 12.4. The summed E-state index contributed by atoms with van der Waals surface area (Å²) < 4.78 is 0. The van der Waals surface area contributed by atoms with Gasteiger partial charge in [0, 0.05) is 18.4 Å². The Morgan fingerprint density at radius 1 is 1.22 bits per heavy atom. The standard InChI is InChI=1S/C19H35N3O4S/c1-4-12(2)16(20)18(24)21-11-13-5-7-14(8-6-13)17(23)22-15(19(25)26)9-10-27-3/h12-16H,4-11,20H2,1-3H3,(H,21,24)(H,22,23)(H,25,26)/t12-,13?,14?,15-,16+/m1/s1. The van der Waals surface area contributed by atoms with Crippen LogP contribution in [-0.4, -0.2) is 48.4 Å². The van der Waals surface area contributed by atoms with Gasteiger partial charge in [-0.05, 0) is 56.5 Å². The van der Waals surface area contributed by atoms with Crippen LogP contribution in [0.15, 0.2) is 0 Å². The van der Waals surface area contributed by atoms with Gasteiger partial charge in [0.1, 0.15) is 0 Å². The zero-order valence-corrected chi connectivity index (χ0v) is 17.6. The summed E-state index contributed by atoms with van der Waals surface area (Å²) in [5, 5.41) is 16.8. The Labute approximate surface area is 166 Å². The zero-order chi connectivity index (χ0) is 20.4. The monoisotopic (exact) mass is 401 g/mol. The number of carboxylic acids is 1. The van der Waals surface area contributed by atoms with Crippen LogP contribution in [0, 0.1) is 17.8 Å². The summed E-state index contributed by atoms with van der Waals surface area (Å²) in [5.41, 5.74) is 3.95. The largest absolute Gasteiger partial charge is 0.548 e. The first-order valence-electron chi connectivity index (χ1n) is 9.91. The van der Waals surface area contributed by atoms with E-state index in [1.807, 2.05) is 13.2 Å². The number of quaternary nitrogens is 1. The van der Waals surface area contributed by atoms with Crippen LogP contribution in [0.4, 0.5) is 0 Å². The molecule has 27 heavy (non-hydrogen) atoms. The summed E-state index contributed by atoms with van der Waals surface area (Å²) in [6.07, 6.45) is 6.33. The number of thioether (sulfide) groups is 1. The molecule has 3 atom stereocenters. The van der Waals surface area contributed by atoms with Gasteiger partial charge in [0.25, 0.3) is 5.91 Å². The van der Waals surface area contributed by atoms with E-state index in [2.05, 4.69) is 23.3 Å². The third-order valence-electron chi connectivity index (χ3n) is 5.66. The molecule has 0 heterocycles. The van der Waals surface area contributed by atoms with E-state index in [9.17, 15) is 19.5 Å². The second-order valence-electron chi connectivity index (χ2n) is 7.62. The lowest BCUT2D eigenvalue weighted by Gasteiger charge is -2.30. The summed E-state index contributed by atoms with van der Waals surface area (Å²) >= 11 is 1.54. The molecule has 1 rings (SSSR count). The minimum absolute atomic E-state index is 0.00481. The molecule has 0 saturated heterocycles. The molecule has 5 N–H and O–H groups in total. The molecule has 7 nitrogen and oxygen atoms in total. The Bertz CT molecular complexity index is 495. The number of rotatable bonds is 11. The fourth-order valence-corrected chi connectivity index (χ4v) is 3.79. The lowest BCUT2D eigenvalue weighted by Crippen LogP contribution is -2.70. The van der Waals surface area contributed by atoms with Gasteiger partial charge in [-0.2, -0.15) is 11.8 Å². The number of carbonyl (C=O) groups is 3. The van der Waals surface area contributed by atoms with Gasteiger partial charge in [0.15, 0.2) is 6.04 Å². The number of hydrogen-bond donors (Lipinski definition) is 3. The predicted octanol–water partition coefficient (Wildman–Crippen LogP) is -0.447. The molecule has 1 fully saturated rings. The molecule has 2 amide bonds. The normalized spacial score (nSPS) is 23.1. The summed E-state index contributed by atoms with van der Waals surface area (Å²) in [6.45, 7) is 4.69. The highest BCUT2D eigenvalue weighted by Gasteiger charge is 2.29. The Kier molecular flexibility index (Phi) is 10.8. The predicted molar refractivity (Wildman–Crippen MR) is 105 cm³/mol. The van der Waals surface area contributed by atoms with E-state index in [4.69, 9.17) is 0 Å². The van der Waals surface area contributed by atoms with Gasteiger partial charge in [-0.1, -0.05) is 13.8 Å². The third-order valence-corrected chi connectivity index (χ3v) is 6.31. The second-order valence-corrected chi connectivity index (χ2v) is 8.60. The summed E-state index contributed by atoms with van der Waals surface area (Å²) in [4.78, 5) is 35.7. The number of carbonyl (C=O) groups excluding carboxylic acids is 3. The summed E-state index contributed by atoms with van der Waals surface area (Å²) in [7, 11) is 0. The molecule has 0 spiro atoms. The summed E-state index contributed by atoms with van der Waals surface area (Å²) in [6, 6.07) is -1.16. The highest BCUT2D eigenvalue weighted by Crippen LogP contribution is 2.28. The van der Waals surface area contributed by atoms with Crippen molar-refractivity contribution in [3.8, 4) is 0 Å². The van der Waals surface area contributed by atoms with Crippen LogP contribution in [0.3, 0.4) is 0 Å². The van der Waals surface area contributed by atoms with Crippen molar-refractivity contribution in [1.29, 1.82) is 0 Å². The topological polar surface area (TPSA) is 126 Å². The first-order chi connectivity index (χ1) is 12.8. The zero-order valence-electron chi connectivity index (χ0n) is 16.8. The SMILES string of the molecule is CC[C@@H](C)[C@H]([NH3+])C(=O)NCC1CCC(C(=O)N[C@H](CCSC)C(=O)[O-])CC1. The van der Waals surface area contributed by atoms with Crippen molar-refractivity contribution in [2.24, 2.45) is 17.8 Å². The van der Waals surface area contributed by atoms with Crippen LogP contribution < -0.4 is 21.5 Å². The molecule has 0 bridgehead atoms. The molecule has 0 aromatic rings. The van der Waals surface area contributed by atoms with Gasteiger partial charge >= 0.3 is 0 Å². The maximum atomic E-state index is 12.4. The number of hydrogen-bond acceptors (Lipinski definition) is 5. The van der Waals surface area contributed by atoms with Crippen LogP contribution in [0.1, 0.15) is 52.4 Å². The Balaban J connectivity index is 2.37. The molecule has 1 aliphatic rings. The lowest BCUT2D eigenvalue weighted by atomic mass is 9.81. The van der Waals surface area contributed by atoms with Gasteiger partial charge in [0.2, 0.25) is 5.91 Å². The van der Waals surface area contributed by atoms with E-state index < -0.39 is 12.0 Å². The van der Waals surface area contributed by atoms with Crippen LogP contribution in [0.25, 0.3) is 0 Å². The van der Waals surface area contributed by atoms with Gasteiger partial charge in [-0.3, -0.25) is 9.59 Å². The molecule has 0 aromatic carbocycles. The van der Waals surface area contributed by atoms with E-state index in [1.165, 1.54) is 0 Å². The number of carboxylic acid groups (broad SMARTS) is 1. The second kappa shape index (κ2) is 12.2. The van der Waals surface area contributed by atoms with E-state index in [0.717, 1.165) is 19.3 Å². The van der Waals surface area contributed by atoms with Crippen molar-refractivity contribution < 1.29 is 25.2 Å². The van der Waals surface area contributed by atoms with Crippen molar-refractivity contribution >= 4 is 29.5 Å². The Morgan fingerprint density at radius 2 is 1.85 bits per heavy atom. The fourth-order valence-electron chi connectivity index (χ4n) is 3.32. The van der Waals surface area contributed by atoms with Crippen molar-refractivity contribution in [2.75, 3.05) is 18.6 Å². The van der Waals surface area contributed by atoms with Crippen LogP contribution in [-0.2, 0) is 14.4 Å². The molecule has 0 aromatic heterocycles. The van der Waals surface area contributed by atoms with Gasteiger partial charge in [-0.15, -0.1) is 0 Å². The molecule has 1 saturated carbocycles. The molecule has 0 radical (unpaired) electrons. The van der Waals surface area contributed by atoms with Crippen molar-refractivity contribution in [2.45, 2.75) is 64.5 Å². The number of nitrogens with one attached hydrogen (secondary N) is 2. The summed E-state index contributed by atoms with van der Waals surface area (Å²) in [5.74, 6) is -0.304. The van der Waals surface area contributed by atoms with Gasteiger partial charge < -0.3 is 26.3 Å². The lowest BCUT2D eigenvalue weighted by molar-refractivity contribution is -0.415. The van der Waals surface area contributed by atoms with E-state index in [1.54, 1.807) is 11.8 Å². The highest BCUT2D eigenvalue weighted by molar-refractivity contribution is 7.98. The third kappa shape index (κ3) is 8.09. The number of amides is 2. The quantitative estimate of drug-likeness (QED) is 0.432. The fraction of sp³-hybridized carbons (Fsp3) is 0.842. The highest BCUT2D eigenvalue weighted by atomic mass is 32.2. The number of aliphatic carboxylic acids is 1. The van der Waals surface area contributed by atoms with Crippen LogP contribution >= 0.6 is 11.8 Å². The van der Waals surface area contributed by atoms with Crippen molar-refractivity contribution in [1.82, 2.24) is 10.6 Å². The Morgan fingerprint density at radius 3 is 2.37 bits per heavy atom. The molecule has 0 aliphatic heterocycles. The molecule has 1 aliphatic carbocycles. The van der Waals surface area contributed by atoms with E-state index >= 15 is 0 Å². The van der Waals surface area contributed by atoms with Crippen molar-refractivity contribution in [3.63, 3.8) is 0 Å². The minimum Gasteiger partial charge on any atom is -0.548 e. The maximum Gasteiger partial charge on any atom is 0.278 e. The average Bonchev–Trinajstić information content (AvgIpc) is 2.67. The van der Waals surface area contributed by atoms with Crippen LogP contribution in [0.2, 0.25) is 0 Å². The average molecular weight is 402 g/mol. The van der Waals surface area contributed by atoms with Crippen LogP contribution in [0.5, 0.6) is 0 Å². The first-order valence-corrected chi connectivity index (χ1v) is 11.3. The molecule has 156 valence electrons. The van der Waals surface area contributed by atoms with E-state index in [-0.39, 0.29) is 29.7 Å². The molecule has 8 heteroatoms. The smallest absolute Gasteiger partial charge is 0.278 e. The van der Waals surface area contributed by atoms with Crippen molar-refractivity contribution in [3.05, 3.63) is 0 Å². The Hall–Kier alpha value is -1.28. The first kappa shape index (κ1) is 23.8. The van der Waals surface area contributed by atoms with Gasteiger partial charge in [-0.25, -0.2) is 0 Å². The van der Waals surface area contributed by atoms with Gasteiger partial charge in [0.05, 0.1) is 12.0 Å². The molecule has 0 unspecified atom stereocenters. The minimum atomic E-state index is -1.22. The van der Waals surface area contributed by atoms with E-state index in [0.29, 0.717) is 37.5 Å². The molecular formula is C19H35N3O4S. The molecular weight excluding hydrogens is 366 g/mol.